The van der Waals surface area contributed by atoms with Crippen molar-refractivity contribution in [1.29, 1.82) is 0 Å². The van der Waals surface area contributed by atoms with E-state index in [0.29, 0.717) is 23.5 Å². The topological polar surface area (TPSA) is 77.2 Å². The van der Waals surface area contributed by atoms with E-state index in [1.165, 1.54) is 12.1 Å². The Morgan fingerprint density at radius 2 is 2.13 bits per heavy atom. The van der Waals surface area contributed by atoms with E-state index in [1.54, 1.807) is 35.9 Å². The zero-order valence-corrected chi connectivity index (χ0v) is 12.5. The summed E-state index contributed by atoms with van der Waals surface area (Å²) in [5.41, 5.74) is 2.06. The Bertz CT molecular complexity index is 740. The Hall–Kier alpha value is -2.54. The molecule has 0 unspecified atom stereocenters. The number of esters is 1. The maximum absolute atomic E-state index is 13.0. The number of carbonyl (C=O) groups is 1. The number of rotatable bonds is 3. The standard InChI is InChI=1S/C16H16FN3O3/c1-10-15(7-6-14-8-13(21)9-16(22)23-14)20(19-18-10)12-4-2-11(17)3-5-12/h2-7,13-14,21H,8-9H2,1H3/t13-,14-/m1/s1. The van der Waals surface area contributed by atoms with Crippen molar-refractivity contribution in [1.82, 2.24) is 15.0 Å². The van der Waals surface area contributed by atoms with Crippen molar-refractivity contribution in [3.05, 3.63) is 47.5 Å². The van der Waals surface area contributed by atoms with Crippen molar-refractivity contribution in [3.63, 3.8) is 0 Å². The lowest BCUT2D eigenvalue weighted by atomic mass is 10.0. The number of carbonyl (C=O) groups excluding carboxylic acids is 1. The number of aliphatic hydroxyl groups excluding tert-OH is 1. The van der Waals surface area contributed by atoms with Gasteiger partial charge in [0.25, 0.3) is 0 Å². The van der Waals surface area contributed by atoms with Gasteiger partial charge in [0.1, 0.15) is 11.9 Å². The van der Waals surface area contributed by atoms with Crippen LogP contribution in [0.15, 0.2) is 30.3 Å². The lowest BCUT2D eigenvalue weighted by Gasteiger charge is -2.23. The lowest BCUT2D eigenvalue weighted by Crippen LogP contribution is -2.31. The van der Waals surface area contributed by atoms with E-state index < -0.39 is 18.2 Å². The van der Waals surface area contributed by atoms with Gasteiger partial charge in [0.05, 0.1) is 29.6 Å². The molecule has 2 atom stereocenters. The summed E-state index contributed by atoms with van der Waals surface area (Å²) in [4.78, 5) is 11.4. The summed E-state index contributed by atoms with van der Waals surface area (Å²) >= 11 is 0. The van der Waals surface area contributed by atoms with Gasteiger partial charge in [-0.3, -0.25) is 4.79 Å². The summed E-state index contributed by atoms with van der Waals surface area (Å²) in [6.07, 6.45) is 2.66. The maximum Gasteiger partial charge on any atom is 0.309 e. The highest BCUT2D eigenvalue weighted by Crippen LogP contribution is 2.19. The first-order valence-electron chi connectivity index (χ1n) is 7.27. The normalized spacial score (nSPS) is 21.6. The number of halogens is 1. The minimum absolute atomic E-state index is 0.0262. The Morgan fingerprint density at radius 1 is 1.39 bits per heavy atom. The largest absolute Gasteiger partial charge is 0.458 e. The van der Waals surface area contributed by atoms with Crippen molar-refractivity contribution >= 4 is 12.0 Å². The van der Waals surface area contributed by atoms with Gasteiger partial charge in [-0.2, -0.15) is 0 Å². The van der Waals surface area contributed by atoms with Gasteiger partial charge >= 0.3 is 5.97 Å². The van der Waals surface area contributed by atoms with Crippen LogP contribution in [0.1, 0.15) is 24.2 Å². The second-order valence-electron chi connectivity index (χ2n) is 5.43. The van der Waals surface area contributed by atoms with Crippen LogP contribution < -0.4 is 0 Å². The van der Waals surface area contributed by atoms with Crippen molar-refractivity contribution in [3.8, 4) is 5.69 Å². The number of benzene rings is 1. The van der Waals surface area contributed by atoms with Crippen LogP contribution in [0.4, 0.5) is 4.39 Å². The number of aliphatic hydroxyl groups is 1. The van der Waals surface area contributed by atoms with E-state index in [9.17, 15) is 14.3 Å². The van der Waals surface area contributed by atoms with E-state index in [-0.39, 0.29) is 12.2 Å². The summed E-state index contributed by atoms with van der Waals surface area (Å²) in [7, 11) is 0. The molecule has 120 valence electrons. The van der Waals surface area contributed by atoms with E-state index in [2.05, 4.69) is 10.3 Å². The molecular weight excluding hydrogens is 301 g/mol. The van der Waals surface area contributed by atoms with Crippen molar-refractivity contribution in [2.24, 2.45) is 0 Å². The maximum atomic E-state index is 13.0. The number of ether oxygens (including phenoxy) is 1. The number of hydrogen-bond acceptors (Lipinski definition) is 5. The Balaban J connectivity index is 1.85. The van der Waals surface area contributed by atoms with Gasteiger partial charge in [-0.25, -0.2) is 9.07 Å². The summed E-state index contributed by atoms with van der Waals surface area (Å²) in [5, 5.41) is 17.7. The fourth-order valence-electron chi connectivity index (χ4n) is 2.45. The number of aryl methyl sites for hydroxylation is 1. The molecule has 2 heterocycles. The van der Waals surface area contributed by atoms with Gasteiger partial charge in [-0.15, -0.1) is 5.10 Å². The van der Waals surface area contributed by atoms with Gasteiger partial charge in [0.15, 0.2) is 0 Å². The molecule has 0 bridgehead atoms. The summed E-state index contributed by atoms with van der Waals surface area (Å²) in [6.45, 7) is 1.80. The molecule has 0 aliphatic carbocycles. The van der Waals surface area contributed by atoms with Crippen molar-refractivity contribution in [2.45, 2.75) is 32.0 Å². The molecule has 1 aromatic heterocycles. The molecule has 23 heavy (non-hydrogen) atoms. The first-order chi connectivity index (χ1) is 11.0. The Labute approximate surface area is 132 Å². The zero-order chi connectivity index (χ0) is 16.4. The molecule has 6 nitrogen and oxygen atoms in total. The smallest absolute Gasteiger partial charge is 0.309 e. The monoisotopic (exact) mass is 317 g/mol. The van der Waals surface area contributed by atoms with Crippen LogP contribution in [0, 0.1) is 12.7 Å². The van der Waals surface area contributed by atoms with Gasteiger partial charge in [-0.05, 0) is 43.3 Å². The molecule has 2 aromatic rings. The van der Waals surface area contributed by atoms with Crippen LogP contribution in [-0.4, -0.2) is 38.3 Å². The van der Waals surface area contributed by atoms with E-state index in [0.717, 1.165) is 0 Å². The number of cyclic esters (lactones) is 1. The van der Waals surface area contributed by atoms with Crippen LogP contribution in [-0.2, 0) is 9.53 Å². The van der Waals surface area contributed by atoms with Gasteiger partial charge in [0, 0.05) is 6.42 Å². The number of aromatic nitrogens is 3. The fraction of sp³-hybridized carbons (Fsp3) is 0.312. The molecule has 1 aliphatic rings. The van der Waals surface area contributed by atoms with Crippen molar-refractivity contribution in [2.75, 3.05) is 0 Å². The van der Waals surface area contributed by atoms with E-state index in [1.807, 2.05) is 0 Å². The molecule has 0 amide bonds. The van der Waals surface area contributed by atoms with Crippen LogP contribution in [0.5, 0.6) is 0 Å². The molecule has 0 spiro atoms. The predicted octanol–water partition coefficient (Wildman–Crippen LogP) is 1.79. The molecule has 1 aliphatic heterocycles. The van der Waals surface area contributed by atoms with Crippen molar-refractivity contribution < 1.29 is 19.0 Å². The number of hydrogen-bond donors (Lipinski definition) is 1. The van der Waals surface area contributed by atoms with Crippen LogP contribution in [0.2, 0.25) is 0 Å². The number of nitrogens with zero attached hydrogens (tertiary/aromatic N) is 3. The van der Waals surface area contributed by atoms with Gasteiger partial charge in [-0.1, -0.05) is 5.21 Å². The molecule has 1 fully saturated rings. The first kappa shape index (κ1) is 15.4. The predicted molar refractivity (Wildman–Crippen MR) is 80.2 cm³/mol. The highest BCUT2D eigenvalue weighted by atomic mass is 19.1. The van der Waals surface area contributed by atoms with Gasteiger partial charge < -0.3 is 9.84 Å². The molecule has 1 aromatic carbocycles. The molecule has 3 rings (SSSR count). The van der Waals surface area contributed by atoms with Gasteiger partial charge in [0.2, 0.25) is 0 Å². The Morgan fingerprint density at radius 3 is 2.83 bits per heavy atom. The Kier molecular flexibility index (Phi) is 4.20. The molecular formula is C16H16FN3O3. The molecule has 0 radical (unpaired) electrons. The lowest BCUT2D eigenvalue weighted by molar-refractivity contribution is -0.156. The highest BCUT2D eigenvalue weighted by molar-refractivity contribution is 5.71. The summed E-state index contributed by atoms with van der Waals surface area (Å²) < 4.78 is 19.8. The summed E-state index contributed by atoms with van der Waals surface area (Å²) in [5.74, 6) is -0.744. The fourth-order valence-corrected chi connectivity index (χ4v) is 2.45. The molecule has 1 N–H and O–H groups in total. The zero-order valence-electron chi connectivity index (χ0n) is 12.5. The van der Waals surface area contributed by atoms with E-state index >= 15 is 0 Å². The average Bonchev–Trinajstić information content (AvgIpc) is 2.86. The second kappa shape index (κ2) is 6.29. The quantitative estimate of drug-likeness (QED) is 0.873. The third-order valence-corrected chi connectivity index (χ3v) is 3.61. The van der Waals surface area contributed by atoms with E-state index in [4.69, 9.17) is 4.74 Å². The minimum atomic E-state index is -0.688. The van der Waals surface area contributed by atoms with Crippen LogP contribution >= 0.6 is 0 Å². The average molecular weight is 317 g/mol. The molecule has 7 heteroatoms. The third-order valence-electron chi connectivity index (χ3n) is 3.61. The first-order valence-corrected chi connectivity index (χ1v) is 7.27. The second-order valence-corrected chi connectivity index (χ2v) is 5.43. The third kappa shape index (κ3) is 3.45. The summed E-state index contributed by atoms with van der Waals surface area (Å²) in [6, 6.07) is 5.90. The molecule has 0 saturated carbocycles. The SMILES string of the molecule is Cc1nnn(-c2ccc(F)cc2)c1C=C[C@@H]1C[C@@H](O)CC(=O)O1. The molecule has 1 saturated heterocycles. The highest BCUT2D eigenvalue weighted by Gasteiger charge is 2.25. The van der Waals surface area contributed by atoms with Crippen LogP contribution in [0.3, 0.4) is 0 Å². The minimum Gasteiger partial charge on any atom is -0.458 e. The van der Waals surface area contributed by atoms with Crippen LogP contribution in [0.25, 0.3) is 11.8 Å².